The summed E-state index contributed by atoms with van der Waals surface area (Å²) in [5, 5.41) is 21.7. The number of aryl methyl sites for hydroxylation is 2. The molecule has 0 spiro atoms. The summed E-state index contributed by atoms with van der Waals surface area (Å²) in [5.74, 6) is -6.43. The zero-order valence-electron chi connectivity index (χ0n) is 28.3. The van der Waals surface area contributed by atoms with Crippen LogP contribution in [-0.2, 0) is 14.1 Å². The Morgan fingerprint density at radius 3 is 1.30 bits per heavy atom. The SMILES string of the molecule is [C-]#[N+]C(C#N)=C1C(=Nc2cc3c(s2)c2cc4c(cc2n3C)c2sc(N=C3C(=O)c5cc(F)c(F)cc5/C3=C(/C#N)[N+]#[C-])cc2n4C)C(=O)c2cc(F)c(F)cc21. The van der Waals surface area contributed by atoms with E-state index in [9.17, 15) is 37.7 Å². The zero-order chi connectivity index (χ0) is 39.5. The number of aliphatic imine (C=N–C) groups is 2. The van der Waals surface area contributed by atoms with E-state index in [4.69, 9.17) is 13.1 Å². The number of Topliss-reactive ketones (excluding diaryl/α,β-unsaturated/α-hetero) is 2. The van der Waals surface area contributed by atoms with Crippen LogP contribution in [0.5, 0.6) is 0 Å². The minimum Gasteiger partial charge on any atom is -0.343 e. The predicted molar refractivity (Wildman–Crippen MR) is 204 cm³/mol. The van der Waals surface area contributed by atoms with Crippen LogP contribution in [0.25, 0.3) is 63.1 Å². The second-order valence-corrected chi connectivity index (χ2v) is 14.8. The molecule has 4 aromatic heterocycles. The summed E-state index contributed by atoms with van der Waals surface area (Å²) in [6.45, 7) is 15.0. The highest BCUT2D eigenvalue weighted by Crippen LogP contribution is 2.46. The Balaban J connectivity index is 1.17. The minimum atomic E-state index is -1.24. The predicted octanol–water partition coefficient (Wildman–Crippen LogP) is 9.90. The van der Waals surface area contributed by atoms with E-state index in [1.165, 1.54) is 22.7 Å². The average molecular weight is 779 g/mol. The van der Waals surface area contributed by atoms with Gasteiger partial charge in [0.05, 0.1) is 56.7 Å². The Bertz CT molecular complexity index is 3160. The summed E-state index contributed by atoms with van der Waals surface area (Å²) < 4.78 is 62.3. The van der Waals surface area contributed by atoms with Gasteiger partial charge in [-0.3, -0.25) is 9.59 Å². The molecule has 7 aromatic rings. The number of carbonyl (C=O) groups is 2. The summed E-state index contributed by atoms with van der Waals surface area (Å²) in [5.41, 5.74) is 0.840. The number of nitriles is 2. The van der Waals surface area contributed by atoms with Crippen molar-refractivity contribution in [3.05, 3.63) is 128 Å². The third kappa shape index (κ3) is 4.61. The molecule has 0 fully saturated rings. The molecule has 0 amide bonds. The lowest BCUT2D eigenvalue weighted by molar-refractivity contribution is 0.106. The molecule has 4 heterocycles. The number of nitrogens with zero attached hydrogens (tertiary/aromatic N) is 8. The van der Waals surface area contributed by atoms with Crippen LogP contribution in [0.15, 0.2) is 69.9 Å². The first-order valence-corrected chi connectivity index (χ1v) is 17.8. The Labute approximate surface area is 319 Å². The normalized spacial score (nSPS) is 16.9. The fourth-order valence-electron chi connectivity index (χ4n) is 7.29. The molecule has 0 saturated carbocycles. The van der Waals surface area contributed by atoms with Gasteiger partial charge in [-0.2, -0.15) is 0 Å². The fraction of sp³-hybridized carbons (Fsp3) is 0.0500. The van der Waals surface area contributed by atoms with E-state index in [-0.39, 0.29) is 44.8 Å². The quantitative estimate of drug-likeness (QED) is 0.0984. The summed E-state index contributed by atoms with van der Waals surface area (Å²) >= 11 is 2.51. The van der Waals surface area contributed by atoms with E-state index in [1.807, 2.05) is 35.4 Å². The van der Waals surface area contributed by atoms with E-state index in [0.29, 0.717) is 10.0 Å². The third-order valence-corrected chi connectivity index (χ3v) is 12.0. The Kier molecular flexibility index (Phi) is 7.35. The van der Waals surface area contributed by atoms with Crippen molar-refractivity contribution >= 4 is 109 Å². The molecule has 266 valence electrons. The van der Waals surface area contributed by atoms with Crippen molar-refractivity contribution in [3.63, 3.8) is 0 Å². The van der Waals surface area contributed by atoms with Gasteiger partial charge >= 0.3 is 0 Å². The maximum atomic E-state index is 14.3. The molecule has 2 aliphatic carbocycles. The topological polar surface area (TPSA) is 125 Å². The maximum Gasteiger partial charge on any atom is 0.271 e. The van der Waals surface area contributed by atoms with Gasteiger partial charge in [0, 0.05) is 47.1 Å². The molecule has 3 aromatic carbocycles. The summed E-state index contributed by atoms with van der Waals surface area (Å²) in [6.07, 6.45) is 0. The number of hydrogen-bond acceptors (Lipinski definition) is 8. The van der Waals surface area contributed by atoms with Gasteiger partial charge in [-0.15, -0.1) is 22.7 Å². The number of carbonyl (C=O) groups excluding carboxylic acids is 2. The third-order valence-electron chi connectivity index (χ3n) is 9.85. The molecule has 0 N–H and O–H groups in total. The molecule has 9 rings (SSSR count). The molecule has 0 bridgehead atoms. The van der Waals surface area contributed by atoms with Crippen molar-refractivity contribution in [3.8, 4) is 12.1 Å². The zero-order valence-corrected chi connectivity index (χ0v) is 30.0. The monoisotopic (exact) mass is 778 g/mol. The van der Waals surface area contributed by atoms with Gasteiger partial charge in [0.25, 0.3) is 11.4 Å². The largest absolute Gasteiger partial charge is 0.343 e. The van der Waals surface area contributed by atoms with Gasteiger partial charge in [-0.05, 0) is 59.7 Å². The van der Waals surface area contributed by atoms with Crippen LogP contribution in [0.3, 0.4) is 0 Å². The lowest BCUT2D eigenvalue weighted by Gasteiger charge is -2.03. The van der Waals surface area contributed by atoms with Crippen molar-refractivity contribution in [2.24, 2.45) is 24.1 Å². The highest BCUT2D eigenvalue weighted by molar-refractivity contribution is 7.24. The molecule has 56 heavy (non-hydrogen) atoms. The molecule has 0 radical (unpaired) electrons. The number of ketones is 2. The van der Waals surface area contributed by atoms with Gasteiger partial charge in [0.15, 0.2) is 23.3 Å². The van der Waals surface area contributed by atoms with Gasteiger partial charge < -0.3 is 9.13 Å². The number of allylic oxidation sites excluding steroid dienone is 4. The number of rotatable bonds is 2. The summed E-state index contributed by atoms with van der Waals surface area (Å²) in [6, 6.07) is 14.0. The molecule has 2 aliphatic rings. The average Bonchev–Trinajstić information content (AvgIpc) is 4.00. The van der Waals surface area contributed by atoms with E-state index in [2.05, 4.69) is 19.7 Å². The van der Waals surface area contributed by atoms with Gasteiger partial charge in [-0.1, -0.05) is 0 Å². The molecule has 0 atom stereocenters. The van der Waals surface area contributed by atoms with Crippen LogP contribution in [0, 0.1) is 59.1 Å². The van der Waals surface area contributed by atoms with Crippen LogP contribution in [0.2, 0.25) is 0 Å². The van der Waals surface area contributed by atoms with Gasteiger partial charge in [0.1, 0.15) is 21.4 Å². The van der Waals surface area contributed by atoms with Crippen molar-refractivity contribution < 1.29 is 27.2 Å². The first kappa shape index (κ1) is 34.3. The highest BCUT2D eigenvalue weighted by Gasteiger charge is 2.37. The van der Waals surface area contributed by atoms with Gasteiger partial charge in [-0.25, -0.2) is 47.8 Å². The number of fused-ring (bicyclic) bond motifs is 8. The Morgan fingerprint density at radius 1 is 0.607 bits per heavy atom. The number of thiophene rings is 2. The van der Waals surface area contributed by atoms with E-state index in [1.54, 1.807) is 24.3 Å². The van der Waals surface area contributed by atoms with Gasteiger partial charge in [0.2, 0.25) is 11.6 Å². The number of benzene rings is 3. The molecule has 16 heteroatoms. The molecule has 0 saturated heterocycles. The number of halogens is 4. The highest BCUT2D eigenvalue weighted by atomic mass is 32.1. The van der Waals surface area contributed by atoms with E-state index in [0.717, 1.165) is 66.5 Å². The van der Waals surface area contributed by atoms with E-state index >= 15 is 0 Å². The lowest BCUT2D eigenvalue weighted by atomic mass is 10.0. The van der Waals surface area contributed by atoms with Crippen LogP contribution in [0.4, 0.5) is 27.6 Å². The first-order chi connectivity index (χ1) is 26.9. The van der Waals surface area contributed by atoms with Crippen LogP contribution in [0.1, 0.15) is 31.8 Å². The Morgan fingerprint density at radius 2 is 0.964 bits per heavy atom. The van der Waals surface area contributed by atoms with Crippen molar-refractivity contribution in [2.75, 3.05) is 0 Å². The fourth-order valence-corrected chi connectivity index (χ4v) is 9.48. The lowest BCUT2D eigenvalue weighted by Crippen LogP contribution is -2.07. The molecule has 0 unspecified atom stereocenters. The minimum absolute atomic E-state index is 0.0784. The second-order valence-electron chi connectivity index (χ2n) is 12.7. The second kappa shape index (κ2) is 12.0. The first-order valence-electron chi connectivity index (χ1n) is 16.1. The summed E-state index contributed by atoms with van der Waals surface area (Å²) in [7, 11) is 3.69. The van der Waals surface area contributed by atoms with Crippen LogP contribution in [-0.4, -0.2) is 32.1 Å². The maximum absolute atomic E-state index is 14.3. The Hall–Kier alpha value is -7.50. The number of aromatic nitrogens is 2. The van der Waals surface area contributed by atoms with Crippen molar-refractivity contribution in [1.29, 1.82) is 10.5 Å². The van der Waals surface area contributed by atoms with E-state index < -0.39 is 46.2 Å². The van der Waals surface area contributed by atoms with Crippen molar-refractivity contribution in [2.45, 2.75) is 0 Å². The summed E-state index contributed by atoms with van der Waals surface area (Å²) in [4.78, 5) is 42.4. The van der Waals surface area contributed by atoms with Crippen LogP contribution < -0.4 is 0 Å². The molecule has 10 nitrogen and oxygen atoms in total. The molecular weight excluding hydrogens is 765 g/mol. The number of hydrogen-bond donors (Lipinski definition) is 0. The van der Waals surface area contributed by atoms with Crippen LogP contribution >= 0.6 is 22.7 Å². The van der Waals surface area contributed by atoms with Crippen molar-refractivity contribution in [1.82, 2.24) is 9.13 Å². The molecular formula is C40H14F4N8O2S2. The standard InChI is InChI=1S/C40H14F4N8O2S2/c1-47-25(13-45)33-15-5-21(41)23(43)7-17(15)37(53)35(33)49-31-11-29-39(55-31)19-9-28-20(10-27(19)51(29)3)40-30(52(28)4)12-32(56-40)50-36-34(26(14-46)48-2)16-6-22(42)24(44)8-18(16)38(36)54/h5-12H,3-4H3/b33-25+,34-26?,49-35?,50-36?. The molecule has 0 aliphatic heterocycles. The smallest absolute Gasteiger partial charge is 0.271 e.